The Morgan fingerprint density at radius 2 is 2.12 bits per heavy atom. The van der Waals surface area contributed by atoms with Gasteiger partial charge in [0.1, 0.15) is 0 Å². The fraction of sp³-hybridized carbons (Fsp3) is 0.417. The largest absolute Gasteiger partial charge is 0.368 e. The quantitative estimate of drug-likeness (QED) is 0.830. The first-order valence-electron chi connectivity index (χ1n) is 5.36. The van der Waals surface area contributed by atoms with Gasteiger partial charge in [-0.1, -0.05) is 36.7 Å². The monoisotopic (exact) mass is 240 g/mol. The molecule has 16 heavy (non-hydrogen) atoms. The molecular weight excluding hydrogens is 224 g/mol. The van der Waals surface area contributed by atoms with Crippen LogP contribution >= 0.6 is 11.6 Å². The summed E-state index contributed by atoms with van der Waals surface area (Å²) in [6, 6.07) is 7.26. The summed E-state index contributed by atoms with van der Waals surface area (Å²) in [6.45, 7) is 3.88. The summed E-state index contributed by atoms with van der Waals surface area (Å²) in [7, 11) is 0. The van der Waals surface area contributed by atoms with Crippen LogP contribution in [0.4, 0.5) is 0 Å². The van der Waals surface area contributed by atoms with Crippen molar-refractivity contribution in [1.82, 2.24) is 5.32 Å². The Hall–Kier alpha value is -1.06. The van der Waals surface area contributed by atoms with Crippen molar-refractivity contribution >= 4 is 17.5 Å². The molecule has 2 unspecified atom stereocenters. The maximum Gasteiger partial charge on any atom is 0.234 e. The van der Waals surface area contributed by atoms with Gasteiger partial charge in [-0.25, -0.2) is 0 Å². The molecule has 0 bridgehead atoms. The number of rotatable bonds is 5. The maximum absolute atomic E-state index is 11.1. The Bertz CT molecular complexity index is 368. The topological polar surface area (TPSA) is 55.1 Å². The predicted octanol–water partition coefficient (Wildman–Crippen LogP) is 2.25. The lowest BCUT2D eigenvalue weighted by Crippen LogP contribution is -2.41. The lowest BCUT2D eigenvalue weighted by molar-refractivity contribution is -0.120. The van der Waals surface area contributed by atoms with Crippen molar-refractivity contribution in [2.75, 3.05) is 0 Å². The van der Waals surface area contributed by atoms with Crippen LogP contribution in [0.2, 0.25) is 5.02 Å². The summed E-state index contributed by atoms with van der Waals surface area (Å²) < 4.78 is 0. The standard InChI is InChI=1S/C12H17ClN2O/c1-3-11(12(14)16)15-8(2)9-6-4-5-7-10(9)13/h4-8,11,15H,3H2,1-2H3,(H2,14,16). The lowest BCUT2D eigenvalue weighted by atomic mass is 10.1. The van der Waals surface area contributed by atoms with Crippen LogP contribution in [0, 0.1) is 0 Å². The van der Waals surface area contributed by atoms with Crippen molar-refractivity contribution in [1.29, 1.82) is 0 Å². The van der Waals surface area contributed by atoms with Crippen LogP contribution in [-0.2, 0) is 4.79 Å². The lowest BCUT2D eigenvalue weighted by Gasteiger charge is -2.20. The Labute approximate surface area is 101 Å². The van der Waals surface area contributed by atoms with E-state index < -0.39 is 0 Å². The van der Waals surface area contributed by atoms with E-state index in [1.165, 1.54) is 0 Å². The summed E-state index contributed by atoms with van der Waals surface area (Å²) >= 11 is 6.07. The van der Waals surface area contributed by atoms with Gasteiger partial charge in [0.05, 0.1) is 6.04 Å². The molecule has 1 aromatic carbocycles. The maximum atomic E-state index is 11.1. The van der Waals surface area contributed by atoms with Crippen LogP contribution in [0.5, 0.6) is 0 Å². The van der Waals surface area contributed by atoms with E-state index in [1.54, 1.807) is 0 Å². The smallest absolute Gasteiger partial charge is 0.234 e. The number of benzene rings is 1. The van der Waals surface area contributed by atoms with Gasteiger partial charge >= 0.3 is 0 Å². The average molecular weight is 241 g/mol. The minimum absolute atomic E-state index is 0.00569. The second-order valence-electron chi connectivity index (χ2n) is 3.77. The number of nitrogens with one attached hydrogen (secondary N) is 1. The van der Waals surface area contributed by atoms with Gasteiger partial charge in [-0.15, -0.1) is 0 Å². The second kappa shape index (κ2) is 5.87. The third-order valence-corrected chi connectivity index (χ3v) is 2.92. The number of nitrogens with two attached hydrogens (primary N) is 1. The summed E-state index contributed by atoms with van der Waals surface area (Å²) in [5.41, 5.74) is 6.25. The molecule has 3 N–H and O–H groups in total. The molecular formula is C12H17ClN2O. The van der Waals surface area contributed by atoms with Crippen LogP contribution in [0.1, 0.15) is 31.9 Å². The van der Waals surface area contributed by atoms with Crippen LogP contribution in [-0.4, -0.2) is 11.9 Å². The van der Waals surface area contributed by atoms with E-state index >= 15 is 0 Å². The van der Waals surface area contributed by atoms with Crippen LogP contribution in [0.3, 0.4) is 0 Å². The van der Waals surface area contributed by atoms with Gasteiger partial charge in [0, 0.05) is 11.1 Å². The molecule has 0 saturated carbocycles. The zero-order valence-electron chi connectivity index (χ0n) is 9.53. The van der Waals surface area contributed by atoms with E-state index in [2.05, 4.69) is 5.32 Å². The van der Waals surface area contributed by atoms with Gasteiger partial charge in [-0.05, 0) is 25.0 Å². The minimum Gasteiger partial charge on any atom is -0.368 e. The molecule has 0 radical (unpaired) electrons. The fourth-order valence-corrected chi connectivity index (χ4v) is 1.92. The van der Waals surface area contributed by atoms with Gasteiger partial charge in [-0.2, -0.15) is 0 Å². The molecule has 0 saturated heterocycles. The molecule has 0 aliphatic heterocycles. The first-order valence-corrected chi connectivity index (χ1v) is 5.73. The Balaban J connectivity index is 2.75. The van der Waals surface area contributed by atoms with E-state index in [4.69, 9.17) is 17.3 Å². The summed E-state index contributed by atoms with van der Waals surface area (Å²) in [6.07, 6.45) is 0.671. The molecule has 0 heterocycles. The molecule has 88 valence electrons. The molecule has 0 aliphatic rings. The highest BCUT2D eigenvalue weighted by Gasteiger charge is 2.17. The van der Waals surface area contributed by atoms with Crippen molar-refractivity contribution in [2.45, 2.75) is 32.4 Å². The van der Waals surface area contributed by atoms with Crippen LogP contribution in [0.25, 0.3) is 0 Å². The molecule has 0 fully saturated rings. The van der Waals surface area contributed by atoms with Crippen LogP contribution < -0.4 is 11.1 Å². The molecule has 4 heteroatoms. The summed E-state index contributed by atoms with van der Waals surface area (Å²) in [5, 5.41) is 3.86. The Kier molecular flexibility index (Phi) is 4.77. The van der Waals surface area contributed by atoms with E-state index in [-0.39, 0.29) is 18.0 Å². The van der Waals surface area contributed by atoms with E-state index in [1.807, 2.05) is 38.1 Å². The molecule has 1 amide bonds. The van der Waals surface area contributed by atoms with Gasteiger partial charge in [-0.3, -0.25) is 10.1 Å². The zero-order valence-corrected chi connectivity index (χ0v) is 10.3. The van der Waals surface area contributed by atoms with Crippen molar-refractivity contribution in [2.24, 2.45) is 5.73 Å². The number of primary amides is 1. The Morgan fingerprint density at radius 1 is 1.50 bits per heavy atom. The first kappa shape index (κ1) is 13.0. The number of halogens is 1. The van der Waals surface area contributed by atoms with Crippen LogP contribution in [0.15, 0.2) is 24.3 Å². The number of hydrogen-bond donors (Lipinski definition) is 2. The van der Waals surface area contributed by atoms with E-state index in [9.17, 15) is 4.79 Å². The third kappa shape index (κ3) is 3.22. The highest BCUT2D eigenvalue weighted by Crippen LogP contribution is 2.22. The van der Waals surface area contributed by atoms with Gasteiger partial charge in [0.2, 0.25) is 5.91 Å². The number of amides is 1. The van der Waals surface area contributed by atoms with Gasteiger partial charge in [0.15, 0.2) is 0 Å². The van der Waals surface area contributed by atoms with Gasteiger partial charge < -0.3 is 5.73 Å². The van der Waals surface area contributed by atoms with Gasteiger partial charge in [0.25, 0.3) is 0 Å². The molecule has 3 nitrogen and oxygen atoms in total. The normalized spacial score (nSPS) is 14.4. The minimum atomic E-state index is -0.332. The molecule has 0 spiro atoms. The molecule has 0 aromatic heterocycles. The van der Waals surface area contributed by atoms with Crippen molar-refractivity contribution in [3.05, 3.63) is 34.9 Å². The molecule has 1 rings (SSSR count). The highest BCUT2D eigenvalue weighted by molar-refractivity contribution is 6.31. The second-order valence-corrected chi connectivity index (χ2v) is 4.18. The van der Waals surface area contributed by atoms with Crippen molar-refractivity contribution in [3.8, 4) is 0 Å². The van der Waals surface area contributed by atoms with E-state index in [0.717, 1.165) is 5.56 Å². The third-order valence-electron chi connectivity index (χ3n) is 2.57. The van der Waals surface area contributed by atoms with Crippen molar-refractivity contribution < 1.29 is 4.79 Å². The number of carbonyl (C=O) groups excluding carboxylic acids is 1. The Morgan fingerprint density at radius 3 is 2.62 bits per heavy atom. The number of hydrogen-bond acceptors (Lipinski definition) is 2. The molecule has 1 aromatic rings. The SMILES string of the molecule is CCC(NC(C)c1ccccc1Cl)C(N)=O. The summed E-state index contributed by atoms with van der Waals surface area (Å²) in [4.78, 5) is 11.1. The fourth-order valence-electron chi connectivity index (χ4n) is 1.62. The summed E-state index contributed by atoms with van der Waals surface area (Å²) in [5.74, 6) is -0.332. The zero-order chi connectivity index (χ0) is 12.1. The van der Waals surface area contributed by atoms with E-state index in [0.29, 0.717) is 11.4 Å². The first-order chi connectivity index (χ1) is 7.56. The number of carbonyl (C=O) groups is 1. The molecule has 0 aliphatic carbocycles. The molecule has 2 atom stereocenters. The predicted molar refractivity (Wildman–Crippen MR) is 66.3 cm³/mol. The highest BCUT2D eigenvalue weighted by atomic mass is 35.5. The van der Waals surface area contributed by atoms with Crippen molar-refractivity contribution in [3.63, 3.8) is 0 Å². The average Bonchev–Trinajstić information content (AvgIpc) is 2.25.